The summed E-state index contributed by atoms with van der Waals surface area (Å²) in [5, 5.41) is 10.3. The zero-order chi connectivity index (χ0) is 13.3. The van der Waals surface area contributed by atoms with E-state index in [2.05, 4.69) is 0 Å². The molecule has 1 heterocycles. The maximum atomic E-state index is 13.2. The van der Waals surface area contributed by atoms with Crippen molar-refractivity contribution < 1.29 is 9.50 Å². The monoisotopic (exact) mass is 264 g/mol. The van der Waals surface area contributed by atoms with Crippen LogP contribution in [0.1, 0.15) is 32.5 Å². The lowest BCUT2D eigenvalue weighted by atomic mass is 9.98. The van der Waals surface area contributed by atoms with Crippen molar-refractivity contribution in [3.63, 3.8) is 0 Å². The molecule has 1 nitrogen and oxygen atoms in total. The fourth-order valence-electron chi connectivity index (χ4n) is 2.16. The van der Waals surface area contributed by atoms with Crippen LogP contribution in [0.5, 0.6) is 0 Å². The summed E-state index contributed by atoms with van der Waals surface area (Å²) in [6, 6.07) is 6.72. The van der Waals surface area contributed by atoms with Gasteiger partial charge in [-0.2, -0.15) is 0 Å². The van der Waals surface area contributed by atoms with Crippen molar-refractivity contribution in [3.05, 3.63) is 56.5 Å². The molecule has 0 aliphatic heterocycles. The lowest BCUT2D eigenvalue weighted by Gasteiger charge is -2.12. The third-order valence-electron chi connectivity index (χ3n) is 3.16. The number of aryl methyl sites for hydroxylation is 3. The van der Waals surface area contributed by atoms with Crippen LogP contribution in [0, 0.1) is 26.6 Å². The Kier molecular flexibility index (Phi) is 3.83. The quantitative estimate of drug-likeness (QED) is 0.885. The molecule has 0 aliphatic rings. The highest BCUT2D eigenvalue weighted by Crippen LogP contribution is 2.29. The molecular formula is C15H17FOS. The third kappa shape index (κ3) is 2.79. The molecule has 0 amide bonds. The predicted octanol–water partition coefficient (Wildman–Crippen LogP) is 4.09. The SMILES string of the molecule is Cc1cc(C(O)Cc2cc(F)ccc2C)c(C)s1. The van der Waals surface area contributed by atoms with Crippen LogP contribution in [0.25, 0.3) is 0 Å². The van der Waals surface area contributed by atoms with Crippen molar-refractivity contribution in [2.45, 2.75) is 33.3 Å². The normalized spacial score (nSPS) is 12.7. The van der Waals surface area contributed by atoms with Crippen LogP contribution in [-0.4, -0.2) is 5.11 Å². The molecule has 0 bridgehead atoms. The first-order valence-corrected chi connectivity index (χ1v) is 6.79. The fraction of sp³-hybridized carbons (Fsp3) is 0.333. The molecule has 1 aromatic carbocycles. The first-order valence-electron chi connectivity index (χ1n) is 5.97. The summed E-state index contributed by atoms with van der Waals surface area (Å²) in [5.41, 5.74) is 2.84. The number of rotatable bonds is 3. The number of aliphatic hydroxyl groups excluding tert-OH is 1. The van der Waals surface area contributed by atoms with Gasteiger partial charge in [0, 0.05) is 16.2 Å². The van der Waals surface area contributed by atoms with E-state index in [-0.39, 0.29) is 5.82 Å². The molecule has 18 heavy (non-hydrogen) atoms. The number of hydrogen-bond acceptors (Lipinski definition) is 2. The van der Waals surface area contributed by atoms with Crippen LogP contribution in [0.3, 0.4) is 0 Å². The van der Waals surface area contributed by atoms with Crippen molar-refractivity contribution in [1.29, 1.82) is 0 Å². The minimum Gasteiger partial charge on any atom is -0.388 e. The molecule has 1 N–H and O–H groups in total. The highest BCUT2D eigenvalue weighted by molar-refractivity contribution is 7.12. The second kappa shape index (κ2) is 5.21. The van der Waals surface area contributed by atoms with Crippen molar-refractivity contribution in [1.82, 2.24) is 0 Å². The van der Waals surface area contributed by atoms with Crippen molar-refractivity contribution in [2.24, 2.45) is 0 Å². The van der Waals surface area contributed by atoms with Crippen molar-refractivity contribution >= 4 is 11.3 Å². The van der Waals surface area contributed by atoms with Crippen LogP contribution in [0.2, 0.25) is 0 Å². The largest absolute Gasteiger partial charge is 0.388 e. The summed E-state index contributed by atoms with van der Waals surface area (Å²) in [5.74, 6) is -0.249. The number of benzene rings is 1. The first kappa shape index (κ1) is 13.2. The molecule has 1 atom stereocenters. The number of thiophene rings is 1. The standard InChI is InChI=1S/C15H17FOS/c1-9-4-5-13(16)7-12(9)8-15(17)14-6-10(2)18-11(14)3/h4-7,15,17H,8H2,1-3H3. The van der Waals surface area contributed by atoms with Gasteiger partial charge in [-0.25, -0.2) is 4.39 Å². The maximum absolute atomic E-state index is 13.2. The van der Waals surface area contributed by atoms with Crippen molar-refractivity contribution in [2.75, 3.05) is 0 Å². The Hall–Kier alpha value is -1.19. The molecule has 0 fully saturated rings. The molecule has 96 valence electrons. The van der Waals surface area contributed by atoms with Crippen molar-refractivity contribution in [3.8, 4) is 0 Å². The van der Waals surface area contributed by atoms with E-state index in [1.54, 1.807) is 17.4 Å². The van der Waals surface area contributed by atoms with Crippen LogP contribution in [-0.2, 0) is 6.42 Å². The Bertz CT molecular complexity index is 560. The molecule has 2 aromatic rings. The van der Waals surface area contributed by atoms with Gasteiger partial charge in [0.2, 0.25) is 0 Å². The fourth-order valence-corrected chi connectivity index (χ4v) is 3.14. The average Bonchev–Trinajstić information content (AvgIpc) is 2.63. The molecule has 2 rings (SSSR count). The van der Waals surface area contributed by atoms with Gasteiger partial charge in [0.05, 0.1) is 6.10 Å². The lowest BCUT2D eigenvalue weighted by Crippen LogP contribution is -2.03. The molecule has 0 radical (unpaired) electrons. The second-order valence-electron chi connectivity index (χ2n) is 4.66. The number of aliphatic hydroxyl groups is 1. The highest BCUT2D eigenvalue weighted by atomic mass is 32.1. The van der Waals surface area contributed by atoms with Gasteiger partial charge in [0.25, 0.3) is 0 Å². The topological polar surface area (TPSA) is 20.2 Å². The number of hydrogen-bond donors (Lipinski definition) is 1. The number of halogens is 1. The van der Waals surface area contributed by atoms with Gasteiger partial charge in [-0.05, 0) is 55.7 Å². The Balaban J connectivity index is 2.23. The minimum absolute atomic E-state index is 0.249. The molecule has 3 heteroatoms. The highest BCUT2D eigenvalue weighted by Gasteiger charge is 2.15. The van der Waals surface area contributed by atoms with Crippen LogP contribution in [0.15, 0.2) is 24.3 Å². The summed E-state index contributed by atoms with van der Waals surface area (Å²) >= 11 is 1.68. The zero-order valence-corrected chi connectivity index (χ0v) is 11.6. The lowest BCUT2D eigenvalue weighted by molar-refractivity contribution is 0.178. The zero-order valence-electron chi connectivity index (χ0n) is 10.8. The van der Waals surface area contributed by atoms with Crippen LogP contribution >= 0.6 is 11.3 Å². The summed E-state index contributed by atoms with van der Waals surface area (Å²) in [4.78, 5) is 2.33. The van der Waals surface area contributed by atoms with E-state index in [4.69, 9.17) is 0 Å². The van der Waals surface area contributed by atoms with Gasteiger partial charge in [0.15, 0.2) is 0 Å². The molecular weight excluding hydrogens is 247 g/mol. The van der Waals surface area contributed by atoms with Crippen LogP contribution in [0.4, 0.5) is 4.39 Å². The molecule has 0 saturated carbocycles. The first-order chi connectivity index (χ1) is 8.47. The molecule has 1 unspecified atom stereocenters. The Labute approximate surface area is 111 Å². The summed E-state index contributed by atoms with van der Waals surface area (Å²) in [6.07, 6.45) is -0.101. The molecule has 1 aromatic heterocycles. The minimum atomic E-state index is -0.560. The smallest absolute Gasteiger partial charge is 0.123 e. The van der Waals surface area contributed by atoms with E-state index in [1.807, 2.05) is 26.8 Å². The maximum Gasteiger partial charge on any atom is 0.123 e. The Morgan fingerprint density at radius 3 is 2.56 bits per heavy atom. The van der Waals surface area contributed by atoms with Gasteiger partial charge >= 0.3 is 0 Å². The van der Waals surface area contributed by atoms with E-state index >= 15 is 0 Å². The van der Waals surface area contributed by atoms with E-state index in [0.29, 0.717) is 6.42 Å². The Morgan fingerprint density at radius 2 is 1.94 bits per heavy atom. The van der Waals surface area contributed by atoms with E-state index in [9.17, 15) is 9.50 Å². The van der Waals surface area contributed by atoms with Crippen LogP contribution < -0.4 is 0 Å². The molecule has 0 aliphatic carbocycles. The average molecular weight is 264 g/mol. The second-order valence-corrected chi connectivity index (χ2v) is 6.12. The van der Waals surface area contributed by atoms with Gasteiger partial charge in [0.1, 0.15) is 5.82 Å². The van der Waals surface area contributed by atoms with E-state index in [0.717, 1.165) is 21.6 Å². The third-order valence-corrected chi connectivity index (χ3v) is 4.14. The van der Waals surface area contributed by atoms with E-state index in [1.165, 1.54) is 17.0 Å². The Morgan fingerprint density at radius 1 is 1.22 bits per heavy atom. The summed E-state index contributed by atoms with van der Waals surface area (Å²) < 4.78 is 13.2. The summed E-state index contributed by atoms with van der Waals surface area (Å²) in [7, 11) is 0. The summed E-state index contributed by atoms with van der Waals surface area (Å²) in [6.45, 7) is 5.98. The van der Waals surface area contributed by atoms with Gasteiger partial charge in [-0.3, -0.25) is 0 Å². The van der Waals surface area contributed by atoms with Gasteiger partial charge in [-0.1, -0.05) is 6.07 Å². The van der Waals surface area contributed by atoms with Gasteiger partial charge < -0.3 is 5.11 Å². The van der Waals surface area contributed by atoms with Gasteiger partial charge in [-0.15, -0.1) is 11.3 Å². The molecule has 0 saturated heterocycles. The molecule has 0 spiro atoms. The predicted molar refractivity (Wildman–Crippen MR) is 73.6 cm³/mol. The van der Waals surface area contributed by atoms with E-state index < -0.39 is 6.10 Å².